The van der Waals surface area contributed by atoms with E-state index in [9.17, 15) is 15.2 Å². The van der Waals surface area contributed by atoms with Gasteiger partial charge in [0.25, 0.3) is 5.69 Å². The van der Waals surface area contributed by atoms with E-state index in [1.807, 2.05) is 0 Å². The number of phenolic OH excluding ortho intramolecular Hbond substituents is 1. The Labute approximate surface area is 90.9 Å². The van der Waals surface area contributed by atoms with E-state index in [4.69, 9.17) is 17.3 Å². The lowest BCUT2D eigenvalue weighted by Gasteiger charge is -2.10. The van der Waals surface area contributed by atoms with Gasteiger partial charge in [-0.05, 0) is 6.07 Å². The average Bonchev–Trinajstić information content (AvgIpc) is 2.20. The highest BCUT2D eigenvalue weighted by atomic mass is 35.5. The summed E-state index contributed by atoms with van der Waals surface area (Å²) < 4.78 is 0. The third-order valence-electron chi connectivity index (χ3n) is 1.93. The molecular weight excluding hydrogens is 220 g/mol. The van der Waals surface area contributed by atoms with Crippen molar-refractivity contribution >= 4 is 17.3 Å². The largest absolute Gasteiger partial charge is 0.506 e. The average molecular weight is 229 g/mol. The summed E-state index contributed by atoms with van der Waals surface area (Å²) in [5.74, 6) is -0.377. The second-order valence-corrected chi connectivity index (χ2v) is 3.25. The first-order valence-electron chi connectivity index (χ1n) is 4.03. The number of nitro benzene ring substituents is 1. The Morgan fingerprint density at radius 1 is 1.67 bits per heavy atom. The molecule has 0 heterocycles. The molecule has 0 aliphatic rings. The third kappa shape index (κ3) is 2.08. The van der Waals surface area contributed by atoms with Crippen molar-refractivity contribution in [2.75, 3.05) is 0 Å². The summed E-state index contributed by atoms with van der Waals surface area (Å²) in [6.45, 7) is 3.41. The topological polar surface area (TPSA) is 89.4 Å². The lowest BCUT2D eigenvalue weighted by atomic mass is 10.0. The van der Waals surface area contributed by atoms with Crippen LogP contribution in [0.5, 0.6) is 5.75 Å². The first kappa shape index (κ1) is 11.5. The number of phenols is 1. The van der Waals surface area contributed by atoms with Crippen LogP contribution in [0.1, 0.15) is 11.6 Å². The van der Waals surface area contributed by atoms with E-state index < -0.39 is 11.0 Å². The number of hydrogen-bond donors (Lipinski definition) is 2. The summed E-state index contributed by atoms with van der Waals surface area (Å²) in [4.78, 5) is 10.0. The Hall–Kier alpha value is -1.59. The molecule has 1 aromatic carbocycles. The van der Waals surface area contributed by atoms with E-state index in [0.717, 1.165) is 0 Å². The molecule has 0 aliphatic carbocycles. The maximum Gasteiger partial charge on any atom is 0.278 e. The van der Waals surface area contributed by atoms with Gasteiger partial charge in [0, 0.05) is 6.07 Å². The van der Waals surface area contributed by atoms with Crippen molar-refractivity contribution in [2.45, 2.75) is 6.04 Å². The van der Waals surface area contributed by atoms with E-state index in [1.54, 1.807) is 0 Å². The molecule has 1 rings (SSSR count). The van der Waals surface area contributed by atoms with Crippen LogP contribution in [0.4, 0.5) is 5.69 Å². The molecule has 0 aromatic heterocycles. The monoisotopic (exact) mass is 228 g/mol. The minimum Gasteiger partial charge on any atom is -0.506 e. The molecule has 3 N–H and O–H groups in total. The molecule has 0 amide bonds. The number of rotatable bonds is 3. The molecule has 0 aliphatic heterocycles. The highest BCUT2D eigenvalue weighted by Crippen LogP contribution is 2.37. The Bertz CT molecular complexity index is 420. The lowest BCUT2D eigenvalue weighted by Crippen LogP contribution is -2.09. The first-order valence-corrected chi connectivity index (χ1v) is 4.40. The zero-order valence-electron chi connectivity index (χ0n) is 7.68. The Morgan fingerprint density at radius 2 is 2.27 bits per heavy atom. The second-order valence-electron chi connectivity index (χ2n) is 2.85. The Kier molecular flexibility index (Phi) is 3.28. The van der Waals surface area contributed by atoms with Crippen LogP contribution in [0.3, 0.4) is 0 Å². The Balaban J connectivity index is 3.48. The number of nitro groups is 1. The molecule has 0 saturated carbocycles. The van der Waals surface area contributed by atoms with Gasteiger partial charge in [0.05, 0.1) is 21.6 Å². The van der Waals surface area contributed by atoms with Gasteiger partial charge in [-0.1, -0.05) is 17.7 Å². The summed E-state index contributed by atoms with van der Waals surface area (Å²) in [5.41, 5.74) is 5.26. The lowest BCUT2D eigenvalue weighted by molar-refractivity contribution is -0.385. The van der Waals surface area contributed by atoms with Crippen LogP contribution >= 0.6 is 11.6 Å². The normalized spacial score (nSPS) is 12.1. The van der Waals surface area contributed by atoms with E-state index >= 15 is 0 Å². The van der Waals surface area contributed by atoms with E-state index in [0.29, 0.717) is 0 Å². The molecule has 6 heteroatoms. The van der Waals surface area contributed by atoms with Gasteiger partial charge >= 0.3 is 0 Å². The SMILES string of the molecule is C=C[C@@H](N)c1c([N+](=O)[O-])ccc(Cl)c1O. The molecule has 0 unspecified atom stereocenters. The fraction of sp³-hybridized carbons (Fsp3) is 0.111. The van der Waals surface area contributed by atoms with Crippen molar-refractivity contribution < 1.29 is 10.0 Å². The third-order valence-corrected chi connectivity index (χ3v) is 2.23. The molecule has 1 aromatic rings. The zero-order chi connectivity index (χ0) is 11.6. The highest BCUT2D eigenvalue weighted by molar-refractivity contribution is 6.32. The maximum atomic E-state index is 10.7. The summed E-state index contributed by atoms with van der Waals surface area (Å²) in [7, 11) is 0. The smallest absolute Gasteiger partial charge is 0.278 e. The second kappa shape index (κ2) is 4.29. The molecule has 5 nitrogen and oxygen atoms in total. The highest BCUT2D eigenvalue weighted by Gasteiger charge is 2.23. The van der Waals surface area contributed by atoms with Crippen LogP contribution in [0.15, 0.2) is 24.8 Å². The van der Waals surface area contributed by atoms with Gasteiger partial charge in [0.2, 0.25) is 0 Å². The fourth-order valence-electron chi connectivity index (χ4n) is 1.18. The number of hydrogen-bond acceptors (Lipinski definition) is 4. The van der Waals surface area contributed by atoms with Gasteiger partial charge in [0.15, 0.2) is 0 Å². The van der Waals surface area contributed by atoms with Gasteiger partial charge < -0.3 is 10.8 Å². The Morgan fingerprint density at radius 3 is 2.73 bits per heavy atom. The van der Waals surface area contributed by atoms with Gasteiger partial charge in [0.1, 0.15) is 5.75 Å². The summed E-state index contributed by atoms with van der Waals surface area (Å²) in [6.07, 6.45) is 1.29. The molecule has 0 saturated heterocycles. The van der Waals surface area contributed by atoms with E-state index in [1.165, 1.54) is 18.2 Å². The molecule has 1 atom stereocenters. The van der Waals surface area contributed by atoms with Crippen LogP contribution in [-0.4, -0.2) is 10.0 Å². The summed E-state index contributed by atoms with van der Waals surface area (Å²) in [5, 5.41) is 20.3. The summed E-state index contributed by atoms with van der Waals surface area (Å²) >= 11 is 5.63. The van der Waals surface area contributed by atoms with Gasteiger partial charge in [-0.15, -0.1) is 6.58 Å². The van der Waals surface area contributed by atoms with Crippen LogP contribution in [0.25, 0.3) is 0 Å². The molecule has 0 fully saturated rings. The van der Waals surface area contributed by atoms with Gasteiger partial charge in [-0.3, -0.25) is 10.1 Å². The number of nitrogens with zero attached hydrogens (tertiary/aromatic N) is 1. The van der Waals surface area contributed by atoms with Crippen molar-refractivity contribution in [3.05, 3.63) is 45.5 Å². The molecular formula is C9H9ClN2O3. The van der Waals surface area contributed by atoms with Crippen LogP contribution in [0, 0.1) is 10.1 Å². The van der Waals surface area contributed by atoms with Crippen LogP contribution in [-0.2, 0) is 0 Å². The van der Waals surface area contributed by atoms with Gasteiger partial charge in [-0.25, -0.2) is 0 Å². The van der Waals surface area contributed by atoms with Crippen molar-refractivity contribution in [2.24, 2.45) is 5.73 Å². The van der Waals surface area contributed by atoms with Crippen molar-refractivity contribution in [1.29, 1.82) is 0 Å². The molecule has 0 spiro atoms. The number of nitrogens with two attached hydrogens (primary N) is 1. The minimum absolute atomic E-state index is 0.0212. The van der Waals surface area contributed by atoms with Crippen molar-refractivity contribution in [1.82, 2.24) is 0 Å². The number of halogens is 1. The number of benzene rings is 1. The standard InChI is InChI=1S/C9H9ClN2O3/c1-2-6(11)8-7(12(14)15)4-3-5(10)9(8)13/h2-4,6,13H,1,11H2/t6-/m1/s1. The first-order chi connectivity index (χ1) is 6.99. The predicted molar refractivity (Wildman–Crippen MR) is 56.9 cm³/mol. The maximum absolute atomic E-state index is 10.7. The zero-order valence-corrected chi connectivity index (χ0v) is 8.44. The van der Waals surface area contributed by atoms with Gasteiger partial charge in [-0.2, -0.15) is 0 Å². The number of aromatic hydroxyl groups is 1. The molecule has 80 valence electrons. The van der Waals surface area contributed by atoms with Crippen molar-refractivity contribution in [3.8, 4) is 5.75 Å². The molecule has 0 bridgehead atoms. The van der Waals surface area contributed by atoms with E-state index in [2.05, 4.69) is 6.58 Å². The van der Waals surface area contributed by atoms with E-state index in [-0.39, 0.29) is 22.0 Å². The predicted octanol–water partition coefficient (Wildman–Crippen LogP) is 2.14. The fourth-order valence-corrected chi connectivity index (χ4v) is 1.34. The molecule has 15 heavy (non-hydrogen) atoms. The molecule has 0 radical (unpaired) electrons. The van der Waals surface area contributed by atoms with Crippen LogP contribution in [0.2, 0.25) is 5.02 Å². The minimum atomic E-state index is -0.830. The van der Waals surface area contributed by atoms with Crippen LogP contribution < -0.4 is 5.73 Å². The quantitative estimate of drug-likeness (QED) is 0.471. The summed E-state index contributed by atoms with van der Waals surface area (Å²) in [6, 6.07) is 1.61. The van der Waals surface area contributed by atoms with Crippen molar-refractivity contribution in [3.63, 3.8) is 0 Å².